The van der Waals surface area contributed by atoms with Gasteiger partial charge in [0.2, 0.25) is 0 Å². The lowest BCUT2D eigenvalue weighted by atomic mass is 9.71. The second kappa shape index (κ2) is 5.50. The molecule has 1 unspecified atom stereocenters. The van der Waals surface area contributed by atoms with E-state index < -0.39 is 5.60 Å². The van der Waals surface area contributed by atoms with Gasteiger partial charge in [-0.05, 0) is 39.8 Å². The summed E-state index contributed by atoms with van der Waals surface area (Å²) < 4.78 is 0. The fraction of sp³-hybridized carbons (Fsp3) is 0.273. The fourth-order valence-electron chi connectivity index (χ4n) is 3.01. The van der Waals surface area contributed by atoms with Gasteiger partial charge in [-0.15, -0.1) is 0 Å². The van der Waals surface area contributed by atoms with Gasteiger partial charge in [0.05, 0.1) is 5.60 Å². The first-order valence-electron chi connectivity index (χ1n) is 8.12. The van der Waals surface area contributed by atoms with Crippen LogP contribution in [0, 0.1) is 5.41 Å². The molecule has 0 radical (unpaired) electrons. The zero-order valence-electron chi connectivity index (χ0n) is 14.3. The van der Waals surface area contributed by atoms with E-state index in [0.29, 0.717) is 0 Å². The highest BCUT2D eigenvalue weighted by molar-refractivity contribution is 5.97. The molecule has 1 atom stereocenters. The van der Waals surface area contributed by atoms with Crippen LogP contribution in [0.1, 0.15) is 33.3 Å². The molecule has 0 fully saturated rings. The van der Waals surface area contributed by atoms with Crippen LogP contribution in [0.2, 0.25) is 0 Å². The van der Waals surface area contributed by atoms with Crippen molar-refractivity contribution >= 4 is 10.8 Å². The predicted molar refractivity (Wildman–Crippen MR) is 98.4 cm³/mol. The molecule has 118 valence electrons. The van der Waals surface area contributed by atoms with E-state index in [9.17, 15) is 5.11 Å². The average Bonchev–Trinajstić information content (AvgIpc) is 2.53. The van der Waals surface area contributed by atoms with E-state index in [2.05, 4.69) is 69.3 Å². The van der Waals surface area contributed by atoms with E-state index in [-0.39, 0.29) is 5.41 Å². The first-order chi connectivity index (χ1) is 10.8. The average molecular weight is 304 g/mol. The van der Waals surface area contributed by atoms with Crippen molar-refractivity contribution < 1.29 is 5.11 Å². The van der Waals surface area contributed by atoms with Gasteiger partial charge in [-0.3, -0.25) is 0 Å². The second-order valence-corrected chi connectivity index (χ2v) is 7.39. The lowest BCUT2D eigenvalue weighted by Crippen LogP contribution is -2.37. The number of rotatable bonds is 2. The summed E-state index contributed by atoms with van der Waals surface area (Å²) >= 11 is 0. The monoisotopic (exact) mass is 304 g/mol. The number of hydrogen-bond donors (Lipinski definition) is 1. The number of hydrogen-bond acceptors (Lipinski definition) is 1. The largest absolute Gasteiger partial charge is 0.385 e. The van der Waals surface area contributed by atoms with Crippen LogP contribution >= 0.6 is 0 Å². The van der Waals surface area contributed by atoms with Gasteiger partial charge in [0.15, 0.2) is 0 Å². The van der Waals surface area contributed by atoms with E-state index in [0.717, 1.165) is 11.1 Å². The van der Waals surface area contributed by atoms with Crippen molar-refractivity contribution in [3.8, 4) is 11.1 Å². The summed E-state index contributed by atoms with van der Waals surface area (Å²) in [6.45, 7) is 8.14. The van der Waals surface area contributed by atoms with Crippen molar-refractivity contribution in [3.05, 3.63) is 72.3 Å². The molecule has 0 saturated carbocycles. The molecule has 0 heterocycles. The Kier molecular flexibility index (Phi) is 3.77. The van der Waals surface area contributed by atoms with Crippen LogP contribution in [0.4, 0.5) is 0 Å². The molecular weight excluding hydrogens is 280 g/mol. The summed E-state index contributed by atoms with van der Waals surface area (Å²) in [6, 6.07) is 22.9. The second-order valence-electron chi connectivity index (χ2n) is 7.39. The highest BCUT2D eigenvalue weighted by Gasteiger charge is 2.38. The molecule has 0 aliphatic rings. The van der Waals surface area contributed by atoms with Gasteiger partial charge in [0.1, 0.15) is 0 Å². The SMILES string of the molecule is CC(C)(C)C(C)(O)c1ccccc1-c1cccc2ccccc12. The van der Waals surface area contributed by atoms with Gasteiger partial charge in [-0.2, -0.15) is 0 Å². The summed E-state index contributed by atoms with van der Waals surface area (Å²) in [5.74, 6) is 0. The van der Waals surface area contributed by atoms with Crippen LogP contribution in [-0.4, -0.2) is 5.11 Å². The highest BCUT2D eigenvalue weighted by Crippen LogP contribution is 2.44. The third kappa shape index (κ3) is 2.66. The molecule has 0 bridgehead atoms. The van der Waals surface area contributed by atoms with Crippen LogP contribution in [0.3, 0.4) is 0 Å². The Morgan fingerprint density at radius 3 is 1.96 bits per heavy atom. The topological polar surface area (TPSA) is 20.2 Å². The zero-order chi connectivity index (χ0) is 16.7. The Labute approximate surface area is 138 Å². The van der Waals surface area contributed by atoms with Gasteiger partial charge in [0, 0.05) is 0 Å². The molecule has 0 aromatic heterocycles. The lowest BCUT2D eigenvalue weighted by molar-refractivity contribution is -0.0465. The van der Waals surface area contributed by atoms with Gasteiger partial charge in [0.25, 0.3) is 0 Å². The van der Waals surface area contributed by atoms with Crippen molar-refractivity contribution in [2.24, 2.45) is 5.41 Å². The Morgan fingerprint density at radius 2 is 1.22 bits per heavy atom. The van der Waals surface area contributed by atoms with Crippen molar-refractivity contribution in [2.75, 3.05) is 0 Å². The van der Waals surface area contributed by atoms with Gasteiger partial charge in [-0.25, -0.2) is 0 Å². The number of aliphatic hydroxyl groups is 1. The molecule has 23 heavy (non-hydrogen) atoms. The molecule has 0 amide bonds. The molecule has 0 aliphatic heterocycles. The normalized spacial score (nSPS) is 14.7. The maximum atomic E-state index is 11.2. The fourth-order valence-corrected chi connectivity index (χ4v) is 3.01. The molecule has 3 aromatic rings. The first kappa shape index (κ1) is 15.8. The van der Waals surface area contributed by atoms with E-state index in [1.165, 1.54) is 16.3 Å². The number of benzene rings is 3. The van der Waals surface area contributed by atoms with Crippen LogP contribution in [0.25, 0.3) is 21.9 Å². The number of fused-ring (bicyclic) bond motifs is 1. The van der Waals surface area contributed by atoms with Crippen molar-refractivity contribution in [2.45, 2.75) is 33.3 Å². The predicted octanol–water partition coefficient (Wildman–Crippen LogP) is 5.76. The molecule has 1 nitrogen and oxygen atoms in total. The minimum atomic E-state index is -0.916. The molecular formula is C22H24O. The molecule has 0 saturated heterocycles. The summed E-state index contributed by atoms with van der Waals surface area (Å²) in [4.78, 5) is 0. The Bertz CT molecular complexity index is 832. The van der Waals surface area contributed by atoms with E-state index >= 15 is 0 Å². The highest BCUT2D eigenvalue weighted by atomic mass is 16.3. The van der Waals surface area contributed by atoms with Crippen molar-refractivity contribution in [1.82, 2.24) is 0 Å². The molecule has 0 aliphatic carbocycles. The van der Waals surface area contributed by atoms with Gasteiger partial charge < -0.3 is 5.11 Å². The quantitative estimate of drug-likeness (QED) is 0.638. The minimum absolute atomic E-state index is 0.256. The zero-order valence-corrected chi connectivity index (χ0v) is 14.3. The molecule has 1 heteroatoms. The Hall–Kier alpha value is -2.12. The minimum Gasteiger partial charge on any atom is -0.385 e. The van der Waals surface area contributed by atoms with E-state index in [1.54, 1.807) is 0 Å². The molecule has 1 N–H and O–H groups in total. The Balaban J connectivity index is 2.30. The van der Waals surface area contributed by atoms with Gasteiger partial charge >= 0.3 is 0 Å². The van der Waals surface area contributed by atoms with E-state index in [4.69, 9.17) is 0 Å². The standard InChI is InChI=1S/C22H24O/c1-21(2,3)22(4,23)20-15-8-7-13-19(20)18-14-9-11-16-10-5-6-12-17(16)18/h5-15,23H,1-4H3. The summed E-state index contributed by atoms with van der Waals surface area (Å²) in [7, 11) is 0. The maximum Gasteiger partial charge on any atom is 0.0922 e. The van der Waals surface area contributed by atoms with Crippen LogP contribution < -0.4 is 0 Å². The third-order valence-electron chi connectivity index (χ3n) is 4.99. The molecule has 3 rings (SSSR count). The smallest absolute Gasteiger partial charge is 0.0922 e. The molecule has 3 aromatic carbocycles. The summed E-state index contributed by atoms with van der Waals surface area (Å²) in [6.07, 6.45) is 0. The molecule has 0 spiro atoms. The summed E-state index contributed by atoms with van der Waals surface area (Å²) in [5.41, 5.74) is 2.07. The lowest BCUT2D eigenvalue weighted by Gasteiger charge is -2.39. The van der Waals surface area contributed by atoms with Crippen molar-refractivity contribution in [1.29, 1.82) is 0 Å². The third-order valence-corrected chi connectivity index (χ3v) is 4.99. The first-order valence-corrected chi connectivity index (χ1v) is 8.12. The van der Waals surface area contributed by atoms with Crippen LogP contribution in [0.15, 0.2) is 66.7 Å². The van der Waals surface area contributed by atoms with E-state index in [1.807, 2.05) is 25.1 Å². The maximum absolute atomic E-state index is 11.2. The summed E-state index contributed by atoms with van der Waals surface area (Å²) in [5, 5.41) is 13.7. The Morgan fingerprint density at radius 1 is 0.652 bits per heavy atom. The van der Waals surface area contributed by atoms with Gasteiger partial charge in [-0.1, -0.05) is 87.5 Å². The van der Waals surface area contributed by atoms with Crippen LogP contribution in [-0.2, 0) is 5.60 Å². The van der Waals surface area contributed by atoms with Crippen molar-refractivity contribution in [3.63, 3.8) is 0 Å². The van der Waals surface area contributed by atoms with Crippen LogP contribution in [0.5, 0.6) is 0 Å².